The van der Waals surface area contributed by atoms with Crippen molar-refractivity contribution in [3.63, 3.8) is 0 Å². The molecule has 0 radical (unpaired) electrons. The second kappa shape index (κ2) is 6.70. The second-order valence-electron chi connectivity index (χ2n) is 4.56. The maximum atomic E-state index is 10.7. The van der Waals surface area contributed by atoms with Crippen LogP contribution in [0.4, 0.5) is 4.79 Å². The van der Waals surface area contributed by atoms with Gasteiger partial charge in [-0.05, 0) is 18.8 Å². The van der Waals surface area contributed by atoms with Crippen LogP contribution in [0, 0.1) is 5.92 Å². The van der Waals surface area contributed by atoms with Crippen molar-refractivity contribution in [1.82, 2.24) is 4.90 Å². The Morgan fingerprint density at radius 2 is 1.93 bits per heavy atom. The first-order chi connectivity index (χ1) is 7.24. The van der Waals surface area contributed by atoms with E-state index in [1.165, 1.54) is 32.1 Å². The second-order valence-corrected chi connectivity index (χ2v) is 4.56. The highest BCUT2D eigenvalue weighted by atomic mass is 16.4. The number of carbonyl (C=O) groups is 1. The number of amides is 1. The Kier molecular flexibility index (Phi) is 5.51. The van der Waals surface area contributed by atoms with E-state index in [9.17, 15) is 4.79 Å². The average molecular weight is 213 g/mol. The van der Waals surface area contributed by atoms with Gasteiger partial charge in [-0.1, -0.05) is 39.0 Å². The number of unbranched alkanes of at least 4 members (excludes halogenated alkanes) is 3. The molecule has 3 nitrogen and oxygen atoms in total. The van der Waals surface area contributed by atoms with Crippen molar-refractivity contribution in [1.29, 1.82) is 0 Å². The summed E-state index contributed by atoms with van der Waals surface area (Å²) in [7, 11) is 0. The number of rotatable bonds is 5. The van der Waals surface area contributed by atoms with Crippen molar-refractivity contribution < 1.29 is 9.90 Å². The van der Waals surface area contributed by atoms with Crippen LogP contribution < -0.4 is 0 Å². The summed E-state index contributed by atoms with van der Waals surface area (Å²) in [6, 6.07) is 0. The predicted octanol–water partition coefficient (Wildman–Crippen LogP) is 3.35. The van der Waals surface area contributed by atoms with Crippen LogP contribution in [0.15, 0.2) is 0 Å². The van der Waals surface area contributed by atoms with Gasteiger partial charge >= 0.3 is 6.09 Å². The molecule has 0 aromatic rings. The molecule has 1 fully saturated rings. The lowest BCUT2D eigenvalue weighted by Gasteiger charge is -2.29. The monoisotopic (exact) mass is 213 g/mol. The number of likely N-dealkylation sites (tertiary alicyclic amines) is 1. The summed E-state index contributed by atoms with van der Waals surface area (Å²) in [5.41, 5.74) is 0. The topological polar surface area (TPSA) is 40.5 Å². The van der Waals surface area contributed by atoms with Crippen molar-refractivity contribution in [3.05, 3.63) is 0 Å². The van der Waals surface area contributed by atoms with Gasteiger partial charge in [0.2, 0.25) is 0 Å². The normalized spacial score (nSPS) is 18.1. The lowest BCUT2D eigenvalue weighted by atomic mass is 9.91. The molecule has 0 aliphatic carbocycles. The molecule has 15 heavy (non-hydrogen) atoms. The van der Waals surface area contributed by atoms with Gasteiger partial charge in [0, 0.05) is 13.1 Å². The highest BCUT2D eigenvalue weighted by molar-refractivity contribution is 5.64. The third kappa shape index (κ3) is 4.54. The van der Waals surface area contributed by atoms with Crippen molar-refractivity contribution >= 4 is 6.09 Å². The summed E-state index contributed by atoms with van der Waals surface area (Å²) in [5.74, 6) is 0.775. The van der Waals surface area contributed by atoms with Crippen molar-refractivity contribution in [2.24, 2.45) is 5.92 Å². The van der Waals surface area contributed by atoms with Crippen LogP contribution in [-0.4, -0.2) is 29.2 Å². The quantitative estimate of drug-likeness (QED) is 0.711. The van der Waals surface area contributed by atoms with Crippen LogP contribution >= 0.6 is 0 Å². The van der Waals surface area contributed by atoms with Crippen molar-refractivity contribution in [2.45, 2.75) is 51.9 Å². The molecule has 0 unspecified atom stereocenters. The molecule has 0 spiro atoms. The fraction of sp³-hybridized carbons (Fsp3) is 0.917. The minimum Gasteiger partial charge on any atom is -0.465 e. The molecule has 1 aliphatic heterocycles. The predicted molar refractivity (Wildman–Crippen MR) is 61.1 cm³/mol. The van der Waals surface area contributed by atoms with Gasteiger partial charge < -0.3 is 10.0 Å². The van der Waals surface area contributed by atoms with Crippen LogP contribution in [0.1, 0.15) is 51.9 Å². The summed E-state index contributed by atoms with van der Waals surface area (Å²) >= 11 is 0. The van der Waals surface area contributed by atoms with Crippen LogP contribution in [0.25, 0.3) is 0 Å². The maximum absolute atomic E-state index is 10.7. The molecule has 1 aliphatic rings. The molecule has 88 valence electrons. The zero-order chi connectivity index (χ0) is 11.1. The minimum absolute atomic E-state index is 0.744. The highest BCUT2D eigenvalue weighted by Crippen LogP contribution is 2.22. The van der Waals surface area contributed by atoms with E-state index in [1.54, 1.807) is 4.90 Å². The zero-order valence-electron chi connectivity index (χ0n) is 9.74. The summed E-state index contributed by atoms with van der Waals surface area (Å²) in [6.07, 6.45) is 7.98. The molecule has 3 heteroatoms. The van der Waals surface area contributed by atoms with Gasteiger partial charge in [-0.15, -0.1) is 0 Å². The third-order valence-corrected chi connectivity index (χ3v) is 3.35. The van der Waals surface area contributed by atoms with Gasteiger partial charge in [-0.3, -0.25) is 0 Å². The summed E-state index contributed by atoms with van der Waals surface area (Å²) in [4.78, 5) is 12.2. The summed E-state index contributed by atoms with van der Waals surface area (Å²) in [6.45, 7) is 3.72. The van der Waals surface area contributed by atoms with Gasteiger partial charge in [0.05, 0.1) is 0 Å². The Hall–Kier alpha value is -0.730. The molecule has 1 N–H and O–H groups in total. The van der Waals surface area contributed by atoms with E-state index in [1.807, 2.05) is 0 Å². The Bertz CT molecular complexity index is 186. The first-order valence-corrected chi connectivity index (χ1v) is 6.22. The molecule has 1 rings (SSSR count). The summed E-state index contributed by atoms with van der Waals surface area (Å²) < 4.78 is 0. The van der Waals surface area contributed by atoms with Crippen molar-refractivity contribution in [2.75, 3.05) is 13.1 Å². The fourth-order valence-electron chi connectivity index (χ4n) is 2.27. The molecule has 1 saturated heterocycles. The number of hydrogen-bond donors (Lipinski definition) is 1. The van der Waals surface area contributed by atoms with E-state index >= 15 is 0 Å². The molecule has 0 bridgehead atoms. The maximum Gasteiger partial charge on any atom is 0.407 e. The molecule has 0 aromatic heterocycles. The Balaban J connectivity index is 2.07. The van der Waals surface area contributed by atoms with E-state index in [2.05, 4.69) is 6.92 Å². The average Bonchev–Trinajstić information content (AvgIpc) is 2.25. The van der Waals surface area contributed by atoms with E-state index in [0.717, 1.165) is 31.8 Å². The first kappa shape index (κ1) is 12.3. The zero-order valence-corrected chi connectivity index (χ0v) is 9.74. The Morgan fingerprint density at radius 3 is 2.47 bits per heavy atom. The minimum atomic E-state index is -0.751. The van der Waals surface area contributed by atoms with Gasteiger partial charge in [-0.2, -0.15) is 0 Å². The van der Waals surface area contributed by atoms with Gasteiger partial charge in [-0.25, -0.2) is 4.79 Å². The van der Waals surface area contributed by atoms with Crippen molar-refractivity contribution in [3.8, 4) is 0 Å². The van der Waals surface area contributed by atoms with Crippen LogP contribution in [0.2, 0.25) is 0 Å². The number of hydrogen-bond acceptors (Lipinski definition) is 1. The van der Waals surface area contributed by atoms with Crippen LogP contribution in [-0.2, 0) is 0 Å². The van der Waals surface area contributed by atoms with E-state index in [0.29, 0.717) is 0 Å². The SMILES string of the molecule is CCCCCCC1CCN(C(=O)O)CC1. The smallest absolute Gasteiger partial charge is 0.407 e. The largest absolute Gasteiger partial charge is 0.465 e. The molecule has 0 atom stereocenters. The molecule has 0 aromatic carbocycles. The Labute approximate surface area is 92.5 Å². The van der Waals surface area contributed by atoms with Crippen LogP contribution in [0.5, 0.6) is 0 Å². The molecule has 0 saturated carbocycles. The summed E-state index contributed by atoms with van der Waals surface area (Å²) in [5, 5.41) is 8.80. The van der Waals surface area contributed by atoms with E-state index < -0.39 is 6.09 Å². The number of nitrogens with zero attached hydrogens (tertiary/aromatic N) is 1. The van der Waals surface area contributed by atoms with Crippen LogP contribution in [0.3, 0.4) is 0 Å². The number of piperidine rings is 1. The lowest BCUT2D eigenvalue weighted by molar-refractivity contribution is 0.122. The molecular formula is C12H23NO2. The standard InChI is InChI=1S/C12H23NO2/c1-2-3-4-5-6-11-7-9-13(10-8-11)12(14)15/h11H,2-10H2,1H3,(H,14,15). The lowest BCUT2D eigenvalue weighted by Crippen LogP contribution is -2.37. The van der Waals surface area contributed by atoms with Gasteiger partial charge in [0.25, 0.3) is 0 Å². The van der Waals surface area contributed by atoms with E-state index in [4.69, 9.17) is 5.11 Å². The molecule has 1 heterocycles. The fourth-order valence-corrected chi connectivity index (χ4v) is 2.27. The van der Waals surface area contributed by atoms with Gasteiger partial charge in [0.15, 0.2) is 0 Å². The third-order valence-electron chi connectivity index (χ3n) is 3.35. The number of carboxylic acid groups (broad SMARTS) is 1. The Morgan fingerprint density at radius 1 is 1.27 bits per heavy atom. The highest BCUT2D eigenvalue weighted by Gasteiger charge is 2.21. The first-order valence-electron chi connectivity index (χ1n) is 6.22. The molecular weight excluding hydrogens is 190 g/mol. The van der Waals surface area contributed by atoms with E-state index in [-0.39, 0.29) is 0 Å². The van der Waals surface area contributed by atoms with Gasteiger partial charge in [0.1, 0.15) is 0 Å². The molecule has 1 amide bonds.